The van der Waals surface area contributed by atoms with E-state index < -0.39 is 0 Å². The van der Waals surface area contributed by atoms with E-state index in [2.05, 4.69) is 27.1 Å². The zero-order chi connectivity index (χ0) is 22.2. The number of thiazole rings is 1. The molecule has 0 radical (unpaired) electrons. The number of benzene rings is 1. The van der Waals surface area contributed by atoms with Crippen LogP contribution in [0.4, 0.5) is 5.13 Å². The molecule has 164 valence electrons. The van der Waals surface area contributed by atoms with Crippen LogP contribution in [0.15, 0.2) is 36.4 Å². The van der Waals surface area contributed by atoms with Gasteiger partial charge in [0.05, 0.1) is 22.1 Å². The van der Waals surface area contributed by atoms with E-state index in [1.807, 2.05) is 45.0 Å². The third-order valence-corrected chi connectivity index (χ3v) is 7.16. The first kappa shape index (κ1) is 20.8. The predicted octanol–water partition coefficient (Wildman–Crippen LogP) is 4.37. The molecule has 0 unspecified atom stereocenters. The topological polar surface area (TPSA) is 76.8 Å². The standard InChI is InChI=1S/C24H26N6OS/c1-15-14-16(2)30(28-15)23-25-17(3)21-22(26-23)27-24(32-21)29-13-7-10-19(29)20(31)12-11-18-8-5-4-6-9-18/h4-6,8-9,14,19H,7,10-13H2,1-3H3/t19-/m1/s1. The number of carbonyl (C=O) groups excluding carboxylic acids is 1. The molecule has 0 saturated carbocycles. The van der Waals surface area contributed by atoms with Crippen molar-refractivity contribution < 1.29 is 4.79 Å². The molecule has 4 aromatic rings. The Bertz CT molecular complexity index is 1280. The van der Waals surface area contributed by atoms with E-state index in [4.69, 9.17) is 9.97 Å². The van der Waals surface area contributed by atoms with Crippen molar-refractivity contribution in [3.63, 3.8) is 0 Å². The summed E-state index contributed by atoms with van der Waals surface area (Å²) in [5, 5.41) is 5.37. The Morgan fingerprint density at radius 3 is 2.69 bits per heavy atom. The van der Waals surface area contributed by atoms with Crippen LogP contribution in [0.2, 0.25) is 0 Å². The summed E-state index contributed by atoms with van der Waals surface area (Å²) in [6.07, 6.45) is 3.21. The average molecular weight is 447 g/mol. The molecular formula is C24H26N6OS. The average Bonchev–Trinajstić information content (AvgIpc) is 3.50. The summed E-state index contributed by atoms with van der Waals surface area (Å²) in [6.45, 7) is 6.77. The molecule has 4 heterocycles. The largest absolute Gasteiger partial charge is 0.338 e. The summed E-state index contributed by atoms with van der Waals surface area (Å²) in [5.74, 6) is 0.825. The molecule has 8 heteroatoms. The fourth-order valence-corrected chi connectivity index (χ4v) is 5.42. The van der Waals surface area contributed by atoms with Crippen molar-refractivity contribution in [1.29, 1.82) is 0 Å². The van der Waals surface area contributed by atoms with E-state index in [1.165, 1.54) is 5.56 Å². The van der Waals surface area contributed by atoms with Gasteiger partial charge in [-0.25, -0.2) is 9.67 Å². The number of aryl methyl sites for hydroxylation is 4. The van der Waals surface area contributed by atoms with Gasteiger partial charge in [-0.3, -0.25) is 4.79 Å². The highest BCUT2D eigenvalue weighted by molar-refractivity contribution is 7.22. The first-order chi connectivity index (χ1) is 15.5. The summed E-state index contributed by atoms with van der Waals surface area (Å²) < 4.78 is 2.72. The van der Waals surface area contributed by atoms with Gasteiger partial charge in [0.2, 0.25) is 0 Å². The highest BCUT2D eigenvalue weighted by atomic mass is 32.1. The van der Waals surface area contributed by atoms with Crippen LogP contribution in [0, 0.1) is 20.8 Å². The molecule has 0 aliphatic carbocycles. The molecule has 3 aromatic heterocycles. The van der Waals surface area contributed by atoms with Gasteiger partial charge >= 0.3 is 0 Å². The zero-order valence-electron chi connectivity index (χ0n) is 18.6. The van der Waals surface area contributed by atoms with Crippen molar-refractivity contribution in [3.05, 3.63) is 59.0 Å². The second-order valence-corrected chi connectivity index (χ2v) is 9.38. The van der Waals surface area contributed by atoms with Gasteiger partial charge < -0.3 is 4.90 Å². The van der Waals surface area contributed by atoms with Gasteiger partial charge in [0, 0.05) is 18.7 Å². The van der Waals surface area contributed by atoms with Crippen LogP contribution in [-0.4, -0.2) is 43.1 Å². The van der Waals surface area contributed by atoms with Crippen LogP contribution in [0.1, 0.15) is 41.9 Å². The highest BCUT2D eigenvalue weighted by Crippen LogP contribution is 2.34. The summed E-state index contributed by atoms with van der Waals surface area (Å²) in [4.78, 5) is 29.4. The smallest absolute Gasteiger partial charge is 0.253 e. The minimum absolute atomic E-state index is 0.108. The van der Waals surface area contributed by atoms with Gasteiger partial charge in [0.1, 0.15) is 0 Å². The Balaban J connectivity index is 1.40. The molecule has 1 fully saturated rings. The van der Waals surface area contributed by atoms with Gasteiger partial charge in [-0.1, -0.05) is 41.7 Å². The van der Waals surface area contributed by atoms with Crippen molar-refractivity contribution in [2.45, 2.75) is 52.5 Å². The summed E-state index contributed by atoms with van der Waals surface area (Å²) in [6, 6.07) is 12.1. The third-order valence-electron chi connectivity index (χ3n) is 5.97. The fourth-order valence-electron chi connectivity index (χ4n) is 4.39. The number of nitrogens with zero attached hydrogens (tertiary/aromatic N) is 6. The van der Waals surface area contributed by atoms with Crippen LogP contribution in [-0.2, 0) is 11.2 Å². The number of aromatic nitrogens is 5. The highest BCUT2D eigenvalue weighted by Gasteiger charge is 2.32. The van der Waals surface area contributed by atoms with Gasteiger partial charge in [-0.15, -0.1) is 0 Å². The fraction of sp³-hybridized carbons (Fsp3) is 0.375. The minimum Gasteiger partial charge on any atom is -0.338 e. The predicted molar refractivity (Wildman–Crippen MR) is 127 cm³/mol. The molecule has 1 aromatic carbocycles. The van der Waals surface area contributed by atoms with E-state index in [0.29, 0.717) is 18.0 Å². The molecule has 1 saturated heterocycles. The zero-order valence-corrected chi connectivity index (χ0v) is 19.4. The van der Waals surface area contributed by atoms with Crippen molar-refractivity contribution in [3.8, 4) is 5.95 Å². The van der Waals surface area contributed by atoms with Crippen LogP contribution in [0.25, 0.3) is 16.3 Å². The number of Topliss-reactive ketones (excluding diaryl/α,β-unsaturated/α-hetero) is 1. The first-order valence-electron chi connectivity index (χ1n) is 11.0. The number of rotatable bonds is 6. The monoisotopic (exact) mass is 446 g/mol. The van der Waals surface area contributed by atoms with E-state index in [-0.39, 0.29) is 11.8 Å². The van der Waals surface area contributed by atoms with Crippen molar-refractivity contribution in [2.75, 3.05) is 11.4 Å². The maximum Gasteiger partial charge on any atom is 0.253 e. The van der Waals surface area contributed by atoms with Crippen molar-refractivity contribution in [1.82, 2.24) is 24.7 Å². The summed E-state index contributed by atoms with van der Waals surface area (Å²) in [5.41, 5.74) is 4.67. The van der Waals surface area contributed by atoms with Crippen LogP contribution < -0.4 is 4.90 Å². The van der Waals surface area contributed by atoms with Gasteiger partial charge in [-0.2, -0.15) is 15.1 Å². The Morgan fingerprint density at radius 1 is 1.12 bits per heavy atom. The lowest BCUT2D eigenvalue weighted by atomic mass is 10.0. The summed E-state index contributed by atoms with van der Waals surface area (Å²) >= 11 is 1.58. The minimum atomic E-state index is -0.108. The molecule has 1 aliphatic rings. The van der Waals surface area contributed by atoms with Crippen molar-refractivity contribution in [2.24, 2.45) is 0 Å². The van der Waals surface area contributed by atoms with Gasteiger partial charge in [-0.05, 0) is 51.7 Å². The number of hydrogen-bond donors (Lipinski definition) is 0. The Hall–Kier alpha value is -3.13. The number of ketones is 1. The molecular weight excluding hydrogens is 420 g/mol. The normalized spacial score (nSPS) is 16.2. The molecule has 1 aliphatic heterocycles. The number of hydrogen-bond acceptors (Lipinski definition) is 7. The molecule has 32 heavy (non-hydrogen) atoms. The van der Waals surface area contributed by atoms with Crippen molar-refractivity contribution >= 4 is 32.6 Å². The van der Waals surface area contributed by atoms with E-state index in [9.17, 15) is 4.79 Å². The Kier molecular flexibility index (Phi) is 5.46. The molecule has 0 spiro atoms. The SMILES string of the molecule is Cc1cc(C)n(-c2nc(C)c3sc(N4CCC[C@@H]4C(=O)CCc4ccccc4)nc3n2)n1. The molecule has 0 bridgehead atoms. The lowest BCUT2D eigenvalue weighted by molar-refractivity contribution is -0.120. The van der Waals surface area contributed by atoms with E-state index in [1.54, 1.807) is 16.0 Å². The van der Waals surface area contributed by atoms with Gasteiger partial charge in [0.15, 0.2) is 16.6 Å². The number of carbonyl (C=O) groups is 1. The quantitative estimate of drug-likeness (QED) is 0.438. The molecule has 0 N–H and O–H groups in total. The van der Waals surface area contributed by atoms with Crippen LogP contribution in [0.3, 0.4) is 0 Å². The third kappa shape index (κ3) is 3.90. The Morgan fingerprint density at radius 2 is 1.94 bits per heavy atom. The molecule has 1 atom stereocenters. The van der Waals surface area contributed by atoms with Gasteiger partial charge in [0.25, 0.3) is 5.95 Å². The second-order valence-electron chi connectivity index (χ2n) is 8.40. The van der Waals surface area contributed by atoms with E-state index >= 15 is 0 Å². The lowest BCUT2D eigenvalue weighted by Gasteiger charge is -2.22. The molecule has 0 amide bonds. The van der Waals surface area contributed by atoms with Crippen LogP contribution in [0.5, 0.6) is 0 Å². The maximum atomic E-state index is 13.1. The lowest BCUT2D eigenvalue weighted by Crippen LogP contribution is -2.36. The first-order valence-corrected chi connectivity index (χ1v) is 11.8. The van der Waals surface area contributed by atoms with Crippen LogP contribution >= 0.6 is 11.3 Å². The molecule has 5 rings (SSSR count). The number of anilines is 1. The number of fused-ring (bicyclic) bond motifs is 1. The molecule has 7 nitrogen and oxygen atoms in total. The Labute approximate surface area is 191 Å². The second kappa shape index (κ2) is 8.43. The maximum absolute atomic E-state index is 13.1. The van der Waals surface area contributed by atoms with E-state index in [0.717, 1.165) is 52.7 Å². The summed E-state index contributed by atoms with van der Waals surface area (Å²) in [7, 11) is 0.